The zero-order chi connectivity index (χ0) is 24.8. The number of carbonyl (C=O) groups is 2. The van der Waals surface area contributed by atoms with E-state index in [9.17, 15) is 9.59 Å². The van der Waals surface area contributed by atoms with Crippen molar-refractivity contribution in [2.45, 2.75) is 51.1 Å². The summed E-state index contributed by atoms with van der Waals surface area (Å²) in [6, 6.07) is 10.6. The minimum Gasteiger partial charge on any atom is -0.352 e. The topological polar surface area (TPSA) is 88.9 Å². The van der Waals surface area contributed by atoms with Gasteiger partial charge in [0.15, 0.2) is 5.16 Å². The number of aryl methyl sites for hydroxylation is 2. The maximum Gasteiger partial charge on any atom is 0.251 e. The van der Waals surface area contributed by atoms with E-state index in [4.69, 9.17) is 23.2 Å². The zero-order valence-corrected chi connectivity index (χ0v) is 21.8. The second kappa shape index (κ2) is 11.7. The lowest BCUT2D eigenvalue weighted by Gasteiger charge is -2.13. The van der Waals surface area contributed by atoms with Gasteiger partial charge in [-0.15, -0.1) is 10.2 Å². The number of halogens is 2. The minimum absolute atomic E-state index is 0.102. The van der Waals surface area contributed by atoms with Gasteiger partial charge in [0.1, 0.15) is 5.82 Å². The highest BCUT2D eigenvalue weighted by Gasteiger charge is 2.20. The summed E-state index contributed by atoms with van der Waals surface area (Å²) in [5.74, 6) is 0.392. The first-order chi connectivity index (χ1) is 16.2. The first-order valence-electron chi connectivity index (χ1n) is 10.9. The first kappa shape index (κ1) is 26.1. The number of hydrogen-bond acceptors (Lipinski definition) is 5. The summed E-state index contributed by atoms with van der Waals surface area (Å²) in [4.78, 5) is 25.1. The number of anilines is 1. The first-order valence-corrected chi connectivity index (χ1v) is 12.5. The average Bonchev–Trinajstić information content (AvgIpc) is 3.19. The van der Waals surface area contributed by atoms with Crippen LogP contribution < -0.4 is 10.6 Å². The predicted molar refractivity (Wildman–Crippen MR) is 138 cm³/mol. The Hall–Kier alpha value is -2.55. The molecule has 1 heterocycles. The lowest BCUT2D eigenvalue weighted by molar-refractivity contribution is -0.115. The van der Waals surface area contributed by atoms with Gasteiger partial charge in [-0.2, -0.15) is 0 Å². The van der Waals surface area contributed by atoms with E-state index in [2.05, 4.69) is 20.8 Å². The molecule has 2 N–H and O–H groups in total. The molecule has 2 amide bonds. The van der Waals surface area contributed by atoms with Crippen molar-refractivity contribution in [3.8, 4) is 0 Å². The molecule has 3 aromatic rings. The third kappa shape index (κ3) is 6.52. The summed E-state index contributed by atoms with van der Waals surface area (Å²) < 4.78 is 1.95. The van der Waals surface area contributed by atoms with Crippen LogP contribution >= 0.6 is 35.0 Å². The molecular weight excluding hydrogens is 493 g/mol. The lowest BCUT2D eigenvalue weighted by atomic mass is 10.1. The predicted octanol–water partition coefficient (Wildman–Crippen LogP) is 5.31. The molecule has 0 spiro atoms. The summed E-state index contributed by atoms with van der Waals surface area (Å²) in [7, 11) is 0. The van der Waals surface area contributed by atoms with E-state index >= 15 is 0 Å². The van der Waals surface area contributed by atoms with E-state index in [0.717, 1.165) is 17.1 Å². The fourth-order valence-corrected chi connectivity index (χ4v) is 4.44. The summed E-state index contributed by atoms with van der Waals surface area (Å²) in [6.45, 7) is 8.91. The molecule has 1 atom stereocenters. The Kier molecular flexibility index (Phi) is 8.99. The van der Waals surface area contributed by atoms with Crippen molar-refractivity contribution in [1.82, 2.24) is 20.1 Å². The Balaban J connectivity index is 1.57. The van der Waals surface area contributed by atoms with E-state index < -0.39 is 0 Å². The van der Waals surface area contributed by atoms with Gasteiger partial charge in [0, 0.05) is 30.8 Å². The van der Waals surface area contributed by atoms with Gasteiger partial charge in [0.05, 0.1) is 15.3 Å². The van der Waals surface area contributed by atoms with Gasteiger partial charge in [0.2, 0.25) is 5.91 Å². The number of hydrogen-bond donors (Lipinski definition) is 2. The largest absolute Gasteiger partial charge is 0.352 e. The van der Waals surface area contributed by atoms with Gasteiger partial charge < -0.3 is 15.2 Å². The molecule has 1 aromatic heterocycles. The van der Waals surface area contributed by atoms with Crippen molar-refractivity contribution in [3.63, 3.8) is 0 Å². The molecule has 0 unspecified atom stereocenters. The number of thioether (sulfide) groups is 1. The summed E-state index contributed by atoms with van der Waals surface area (Å²) in [6.07, 6.45) is 0.498. The van der Waals surface area contributed by atoms with Crippen LogP contribution in [0.25, 0.3) is 0 Å². The van der Waals surface area contributed by atoms with Gasteiger partial charge in [-0.1, -0.05) is 41.0 Å². The number of benzene rings is 2. The molecule has 0 fully saturated rings. The maximum atomic E-state index is 12.7. The molecule has 0 bridgehead atoms. The second-order valence-electron chi connectivity index (χ2n) is 7.83. The monoisotopic (exact) mass is 519 g/mol. The van der Waals surface area contributed by atoms with Gasteiger partial charge in [-0.25, -0.2) is 0 Å². The fraction of sp³-hybridized carbons (Fsp3) is 0.333. The Labute approximate surface area is 213 Å². The molecule has 34 heavy (non-hydrogen) atoms. The van der Waals surface area contributed by atoms with Gasteiger partial charge in [-0.05, 0) is 69.2 Å². The van der Waals surface area contributed by atoms with E-state index in [1.807, 2.05) is 50.5 Å². The minimum atomic E-state index is -0.363. The third-order valence-electron chi connectivity index (χ3n) is 5.35. The molecule has 7 nitrogen and oxygen atoms in total. The molecule has 0 saturated heterocycles. The van der Waals surface area contributed by atoms with Crippen LogP contribution in [0.2, 0.25) is 10.0 Å². The van der Waals surface area contributed by atoms with Crippen molar-refractivity contribution in [3.05, 3.63) is 69.0 Å². The summed E-state index contributed by atoms with van der Waals surface area (Å²) in [5, 5.41) is 15.4. The van der Waals surface area contributed by atoms with Gasteiger partial charge in [0.25, 0.3) is 5.91 Å². The van der Waals surface area contributed by atoms with E-state index in [1.54, 1.807) is 12.1 Å². The molecule has 0 saturated carbocycles. The van der Waals surface area contributed by atoms with E-state index in [1.165, 1.54) is 23.4 Å². The van der Waals surface area contributed by atoms with Crippen molar-refractivity contribution in [2.75, 3.05) is 11.9 Å². The van der Waals surface area contributed by atoms with Crippen LogP contribution in [-0.4, -0.2) is 38.4 Å². The Bertz CT molecular complexity index is 1200. The lowest BCUT2D eigenvalue weighted by Crippen LogP contribution is -2.26. The SMILES string of the molecule is CCn1c(CCNC(=O)c2ccc(Cl)c(Cl)c2)nnc1S[C@H](C)C(=O)Nc1ccc(C)c(C)c1. The van der Waals surface area contributed by atoms with Gasteiger partial charge in [-0.3, -0.25) is 9.59 Å². The number of amides is 2. The van der Waals surface area contributed by atoms with Crippen molar-refractivity contribution in [1.29, 1.82) is 0 Å². The number of aromatic nitrogens is 3. The number of nitrogens with zero attached hydrogens (tertiary/aromatic N) is 3. The highest BCUT2D eigenvalue weighted by molar-refractivity contribution is 8.00. The normalized spacial score (nSPS) is 11.8. The molecule has 3 rings (SSSR count). The summed E-state index contributed by atoms with van der Waals surface area (Å²) >= 11 is 13.2. The zero-order valence-electron chi connectivity index (χ0n) is 19.5. The fourth-order valence-electron chi connectivity index (χ4n) is 3.21. The number of nitrogens with one attached hydrogen (secondary N) is 2. The Morgan fingerprint density at radius 2 is 1.82 bits per heavy atom. The molecule has 10 heteroatoms. The van der Waals surface area contributed by atoms with Crippen LogP contribution in [-0.2, 0) is 17.8 Å². The van der Waals surface area contributed by atoms with E-state index in [0.29, 0.717) is 40.3 Å². The van der Waals surface area contributed by atoms with Crippen LogP contribution in [0.5, 0.6) is 0 Å². The summed E-state index contributed by atoms with van der Waals surface area (Å²) in [5.41, 5.74) is 3.51. The smallest absolute Gasteiger partial charge is 0.251 e. The van der Waals surface area contributed by atoms with Crippen molar-refractivity contribution in [2.24, 2.45) is 0 Å². The van der Waals surface area contributed by atoms with Crippen LogP contribution in [0.1, 0.15) is 41.2 Å². The number of rotatable bonds is 9. The third-order valence-corrected chi connectivity index (χ3v) is 7.17. The maximum absolute atomic E-state index is 12.7. The molecular formula is C24H27Cl2N5O2S. The molecule has 0 aliphatic heterocycles. The molecule has 0 radical (unpaired) electrons. The second-order valence-corrected chi connectivity index (χ2v) is 9.95. The Morgan fingerprint density at radius 1 is 1.06 bits per heavy atom. The van der Waals surface area contributed by atoms with Gasteiger partial charge >= 0.3 is 0 Å². The molecule has 0 aliphatic rings. The van der Waals surface area contributed by atoms with Crippen LogP contribution in [0.3, 0.4) is 0 Å². The number of carbonyl (C=O) groups excluding carboxylic acids is 2. The quantitative estimate of drug-likeness (QED) is 0.373. The van der Waals surface area contributed by atoms with Crippen LogP contribution in [0.15, 0.2) is 41.6 Å². The molecule has 180 valence electrons. The van der Waals surface area contributed by atoms with Crippen molar-refractivity contribution >= 4 is 52.5 Å². The highest BCUT2D eigenvalue weighted by atomic mass is 35.5. The highest BCUT2D eigenvalue weighted by Crippen LogP contribution is 2.25. The van der Waals surface area contributed by atoms with Crippen LogP contribution in [0.4, 0.5) is 5.69 Å². The van der Waals surface area contributed by atoms with Crippen LogP contribution in [0, 0.1) is 13.8 Å². The Morgan fingerprint density at radius 3 is 2.50 bits per heavy atom. The standard InChI is InChI=1S/C24H27Cl2N5O2S/c1-5-31-21(10-11-27-23(33)17-7-9-19(25)20(26)13-17)29-30-24(31)34-16(4)22(32)28-18-8-6-14(2)15(3)12-18/h6-9,12-13,16H,5,10-11H2,1-4H3,(H,27,33)(H,28,32)/t16-/m1/s1. The van der Waals surface area contributed by atoms with E-state index in [-0.39, 0.29) is 17.1 Å². The average molecular weight is 520 g/mol. The van der Waals surface area contributed by atoms with Crippen molar-refractivity contribution < 1.29 is 9.59 Å². The molecule has 0 aliphatic carbocycles. The molecule has 2 aromatic carbocycles.